The van der Waals surface area contributed by atoms with E-state index in [9.17, 15) is 22.4 Å². The number of hydrogen-bond acceptors (Lipinski definition) is 5. The Morgan fingerprint density at radius 1 is 1.23 bits per heavy atom. The lowest BCUT2D eigenvalue weighted by atomic mass is 10.0. The molecule has 1 aliphatic heterocycles. The average molecular weight is 490 g/mol. The van der Waals surface area contributed by atoms with E-state index in [0.29, 0.717) is 16.7 Å². The first-order valence-electron chi connectivity index (χ1n) is 10.8. The molecule has 0 saturated heterocycles. The molecule has 0 bridgehead atoms. The van der Waals surface area contributed by atoms with Gasteiger partial charge in [0.05, 0.1) is 36.0 Å². The van der Waals surface area contributed by atoms with Crippen molar-refractivity contribution in [3.8, 4) is 11.5 Å². The molecule has 184 valence electrons. The first kappa shape index (κ1) is 24.3. The summed E-state index contributed by atoms with van der Waals surface area (Å²) in [4.78, 5) is 11.8. The number of rotatable bonds is 7. The summed E-state index contributed by atoms with van der Waals surface area (Å²) in [6.07, 6.45) is 0.00767. The largest absolute Gasteiger partial charge is 0.489 e. The van der Waals surface area contributed by atoms with E-state index in [2.05, 4.69) is 5.10 Å². The van der Waals surface area contributed by atoms with Gasteiger partial charge in [0.1, 0.15) is 30.5 Å². The quantitative estimate of drug-likeness (QED) is 0.320. The van der Waals surface area contributed by atoms with Crippen LogP contribution in [0.4, 0.5) is 17.6 Å². The summed E-state index contributed by atoms with van der Waals surface area (Å²) < 4.78 is 72.4. The standard InChI is InChI=1S/C25H22F4N2O4/c1-3-33-24(32)18-10-30-31(12-18)11-16-7-20-22(26)8-19(9-23(20)35-13-16)34-14-17-5-4-15(2)6-21(17)25(27,28)29/h4-10,12H,3,11,13-14H2,1-2H3. The predicted octanol–water partition coefficient (Wildman–Crippen LogP) is 5.58. The number of halogens is 4. The number of aryl methyl sites for hydroxylation is 1. The molecule has 0 spiro atoms. The van der Waals surface area contributed by atoms with Gasteiger partial charge in [-0.1, -0.05) is 17.7 Å². The second-order valence-corrected chi connectivity index (χ2v) is 8.00. The third-order valence-electron chi connectivity index (χ3n) is 5.30. The van der Waals surface area contributed by atoms with Crippen LogP contribution in [0.25, 0.3) is 6.08 Å². The molecule has 4 rings (SSSR count). The van der Waals surface area contributed by atoms with Gasteiger partial charge in [0.15, 0.2) is 0 Å². The lowest BCUT2D eigenvalue weighted by Crippen LogP contribution is -2.14. The van der Waals surface area contributed by atoms with Crippen molar-refractivity contribution in [2.24, 2.45) is 0 Å². The van der Waals surface area contributed by atoms with Gasteiger partial charge in [-0.3, -0.25) is 4.68 Å². The third-order valence-corrected chi connectivity index (χ3v) is 5.30. The predicted molar refractivity (Wildman–Crippen MR) is 119 cm³/mol. The monoisotopic (exact) mass is 490 g/mol. The van der Waals surface area contributed by atoms with Gasteiger partial charge in [0.25, 0.3) is 0 Å². The highest BCUT2D eigenvalue weighted by atomic mass is 19.4. The van der Waals surface area contributed by atoms with Crippen LogP contribution in [0.2, 0.25) is 0 Å². The van der Waals surface area contributed by atoms with Gasteiger partial charge in [0.2, 0.25) is 0 Å². The van der Waals surface area contributed by atoms with E-state index in [1.807, 2.05) is 0 Å². The molecule has 2 aromatic carbocycles. The van der Waals surface area contributed by atoms with Gasteiger partial charge in [-0.2, -0.15) is 18.3 Å². The molecule has 1 aliphatic rings. The van der Waals surface area contributed by atoms with Gasteiger partial charge >= 0.3 is 12.1 Å². The number of carbonyl (C=O) groups excluding carboxylic acids is 1. The number of hydrogen-bond donors (Lipinski definition) is 0. The Bertz CT molecular complexity index is 1280. The molecular formula is C25H22F4N2O4. The number of esters is 1. The zero-order chi connectivity index (χ0) is 25.2. The van der Waals surface area contributed by atoms with Crippen molar-refractivity contribution in [2.75, 3.05) is 13.2 Å². The van der Waals surface area contributed by atoms with Gasteiger partial charge in [-0.05, 0) is 31.6 Å². The topological polar surface area (TPSA) is 62.6 Å². The molecule has 10 heteroatoms. The maximum atomic E-state index is 14.8. The summed E-state index contributed by atoms with van der Waals surface area (Å²) in [5, 5.41) is 4.11. The van der Waals surface area contributed by atoms with Crippen molar-refractivity contribution in [3.05, 3.63) is 81.9 Å². The maximum absolute atomic E-state index is 14.8. The Labute approximate surface area is 198 Å². The minimum absolute atomic E-state index is 0.0502. The zero-order valence-electron chi connectivity index (χ0n) is 19.0. The van der Waals surface area contributed by atoms with Crippen molar-refractivity contribution in [1.29, 1.82) is 0 Å². The molecule has 0 N–H and O–H groups in total. The normalized spacial score (nSPS) is 13.0. The summed E-state index contributed by atoms with van der Waals surface area (Å²) in [6.45, 7) is 3.56. The molecule has 0 saturated carbocycles. The van der Waals surface area contributed by atoms with Gasteiger partial charge in [-0.15, -0.1) is 0 Å². The molecule has 1 aromatic heterocycles. The van der Waals surface area contributed by atoms with Crippen LogP contribution < -0.4 is 9.47 Å². The van der Waals surface area contributed by atoms with E-state index in [0.717, 1.165) is 12.1 Å². The SMILES string of the molecule is CCOC(=O)c1cnn(CC2=Cc3c(F)cc(OCc4ccc(C)cc4C(F)(F)F)cc3OC2)c1. The smallest absolute Gasteiger partial charge is 0.416 e. The Hall–Kier alpha value is -3.82. The van der Waals surface area contributed by atoms with Crippen molar-refractivity contribution in [1.82, 2.24) is 9.78 Å². The van der Waals surface area contributed by atoms with Crippen LogP contribution in [0.3, 0.4) is 0 Å². The fraction of sp³-hybridized carbons (Fsp3) is 0.280. The summed E-state index contributed by atoms with van der Waals surface area (Å²) >= 11 is 0. The number of fused-ring (bicyclic) bond motifs is 1. The number of alkyl halides is 3. The number of carbonyl (C=O) groups is 1. The Morgan fingerprint density at radius 3 is 2.77 bits per heavy atom. The molecule has 0 unspecified atom stereocenters. The Morgan fingerprint density at radius 2 is 2.03 bits per heavy atom. The van der Waals surface area contributed by atoms with E-state index in [4.69, 9.17) is 14.2 Å². The van der Waals surface area contributed by atoms with Crippen LogP contribution in [-0.2, 0) is 24.1 Å². The third kappa shape index (κ3) is 5.64. The van der Waals surface area contributed by atoms with Gasteiger partial charge in [0, 0.05) is 23.9 Å². The molecule has 2 heterocycles. The molecule has 0 aliphatic carbocycles. The second-order valence-electron chi connectivity index (χ2n) is 8.00. The highest BCUT2D eigenvalue weighted by Gasteiger charge is 2.33. The van der Waals surface area contributed by atoms with Crippen molar-refractivity contribution >= 4 is 12.0 Å². The Balaban J connectivity index is 1.48. The van der Waals surface area contributed by atoms with E-state index in [-0.39, 0.29) is 49.0 Å². The molecule has 0 fully saturated rings. The van der Waals surface area contributed by atoms with E-state index < -0.39 is 23.5 Å². The van der Waals surface area contributed by atoms with Gasteiger partial charge < -0.3 is 14.2 Å². The summed E-state index contributed by atoms with van der Waals surface area (Å²) in [7, 11) is 0. The lowest BCUT2D eigenvalue weighted by molar-refractivity contribution is -0.138. The van der Waals surface area contributed by atoms with Crippen LogP contribution in [0.1, 0.15) is 39.5 Å². The molecule has 35 heavy (non-hydrogen) atoms. The lowest BCUT2D eigenvalue weighted by Gasteiger charge is -2.20. The molecule has 0 radical (unpaired) electrons. The second kappa shape index (κ2) is 9.81. The molecular weight excluding hydrogens is 468 g/mol. The summed E-state index contributed by atoms with van der Waals surface area (Å²) in [6, 6.07) is 6.51. The molecule has 0 amide bonds. The van der Waals surface area contributed by atoms with Crippen LogP contribution in [0, 0.1) is 12.7 Å². The fourth-order valence-corrected chi connectivity index (χ4v) is 3.64. The highest BCUT2D eigenvalue weighted by Crippen LogP contribution is 2.36. The van der Waals surface area contributed by atoms with E-state index >= 15 is 0 Å². The number of nitrogens with zero attached hydrogens (tertiary/aromatic N) is 2. The van der Waals surface area contributed by atoms with Crippen LogP contribution >= 0.6 is 0 Å². The van der Waals surface area contributed by atoms with Crippen LogP contribution in [0.15, 0.2) is 48.3 Å². The number of ether oxygens (including phenoxy) is 3. The maximum Gasteiger partial charge on any atom is 0.416 e. The number of benzene rings is 2. The molecule has 3 aromatic rings. The zero-order valence-corrected chi connectivity index (χ0v) is 19.0. The van der Waals surface area contributed by atoms with E-state index in [1.54, 1.807) is 26.0 Å². The molecule has 6 nitrogen and oxygen atoms in total. The first-order valence-corrected chi connectivity index (χ1v) is 10.8. The van der Waals surface area contributed by atoms with Crippen molar-refractivity contribution in [3.63, 3.8) is 0 Å². The number of aromatic nitrogens is 2. The van der Waals surface area contributed by atoms with Crippen molar-refractivity contribution in [2.45, 2.75) is 33.2 Å². The van der Waals surface area contributed by atoms with Gasteiger partial charge in [-0.25, -0.2) is 9.18 Å². The highest BCUT2D eigenvalue weighted by molar-refractivity contribution is 5.88. The average Bonchev–Trinajstić information content (AvgIpc) is 3.27. The Kier molecular flexibility index (Phi) is 6.81. The van der Waals surface area contributed by atoms with Crippen LogP contribution in [-0.4, -0.2) is 29.0 Å². The fourth-order valence-electron chi connectivity index (χ4n) is 3.64. The molecule has 0 atom stereocenters. The first-order chi connectivity index (χ1) is 16.6. The van der Waals surface area contributed by atoms with E-state index in [1.165, 1.54) is 29.2 Å². The summed E-state index contributed by atoms with van der Waals surface area (Å²) in [5.41, 5.74) is 0.847. The summed E-state index contributed by atoms with van der Waals surface area (Å²) in [5.74, 6) is -0.846. The minimum Gasteiger partial charge on any atom is -0.489 e. The van der Waals surface area contributed by atoms with Crippen molar-refractivity contribution < 1.29 is 36.6 Å². The minimum atomic E-state index is -4.53. The van der Waals surface area contributed by atoms with Crippen LogP contribution in [0.5, 0.6) is 11.5 Å².